The maximum absolute atomic E-state index is 11.6. The van der Waals surface area contributed by atoms with E-state index in [2.05, 4.69) is 21.4 Å². The molecule has 0 saturated heterocycles. The highest BCUT2D eigenvalue weighted by atomic mass is 32.2. The van der Waals surface area contributed by atoms with Crippen LogP contribution in [0.1, 0.15) is 4.88 Å². The first kappa shape index (κ1) is 16.7. The number of nitrogens with one attached hydrogen (secondary N) is 1. The average molecular weight is 384 g/mol. The molecule has 0 aliphatic carbocycles. The lowest BCUT2D eigenvalue weighted by atomic mass is 10.3. The number of aromatic nitrogens is 3. The molecule has 3 heterocycles. The van der Waals surface area contributed by atoms with Crippen molar-refractivity contribution in [3.63, 3.8) is 0 Å². The third kappa shape index (κ3) is 3.33. The molecule has 0 atom stereocenters. The SMILES string of the molecule is CS(=O)(=O)c1ccc(-n2ccc3ncc(NCc4cccs4)nc32)cc1. The summed E-state index contributed by atoms with van der Waals surface area (Å²) in [5, 5.41) is 5.32. The van der Waals surface area contributed by atoms with Crippen LogP contribution < -0.4 is 5.32 Å². The molecule has 1 N–H and O–H groups in total. The van der Waals surface area contributed by atoms with Gasteiger partial charge in [-0.3, -0.25) is 4.57 Å². The van der Waals surface area contributed by atoms with Crippen molar-refractivity contribution in [2.45, 2.75) is 11.4 Å². The molecule has 6 nitrogen and oxygen atoms in total. The van der Waals surface area contributed by atoms with E-state index >= 15 is 0 Å². The Morgan fingerprint density at radius 1 is 1.15 bits per heavy atom. The Bertz CT molecular complexity index is 1150. The third-order valence-corrected chi connectivity index (χ3v) is 5.96. The number of nitrogens with zero attached hydrogens (tertiary/aromatic N) is 3. The van der Waals surface area contributed by atoms with Crippen LogP contribution in [0.5, 0.6) is 0 Å². The Morgan fingerprint density at radius 2 is 1.96 bits per heavy atom. The second kappa shape index (κ2) is 6.54. The van der Waals surface area contributed by atoms with Crippen LogP contribution in [-0.2, 0) is 16.4 Å². The smallest absolute Gasteiger partial charge is 0.175 e. The molecule has 4 aromatic rings. The zero-order chi connectivity index (χ0) is 18.1. The highest BCUT2D eigenvalue weighted by Gasteiger charge is 2.10. The number of thiophene rings is 1. The molecule has 0 aliphatic rings. The normalized spacial score (nSPS) is 11.7. The van der Waals surface area contributed by atoms with Gasteiger partial charge in [-0.15, -0.1) is 11.3 Å². The number of hydrogen-bond donors (Lipinski definition) is 1. The molecular formula is C18H16N4O2S2. The van der Waals surface area contributed by atoms with Crippen LogP contribution in [-0.4, -0.2) is 29.2 Å². The molecular weight excluding hydrogens is 368 g/mol. The van der Waals surface area contributed by atoms with Gasteiger partial charge < -0.3 is 5.32 Å². The largest absolute Gasteiger partial charge is 0.364 e. The van der Waals surface area contributed by atoms with Gasteiger partial charge in [0.05, 0.1) is 17.6 Å². The Hall–Kier alpha value is -2.71. The number of benzene rings is 1. The number of hydrogen-bond acceptors (Lipinski definition) is 6. The van der Waals surface area contributed by atoms with Gasteiger partial charge in [0, 0.05) is 23.0 Å². The van der Waals surface area contributed by atoms with E-state index in [-0.39, 0.29) is 0 Å². The first-order chi connectivity index (χ1) is 12.5. The Labute approximate surface area is 155 Å². The fraction of sp³-hybridized carbons (Fsp3) is 0.111. The van der Waals surface area contributed by atoms with Crippen molar-refractivity contribution >= 4 is 38.2 Å². The van der Waals surface area contributed by atoms with Crippen molar-refractivity contribution < 1.29 is 8.42 Å². The molecule has 0 amide bonds. The number of fused-ring (bicyclic) bond motifs is 1. The molecule has 0 bridgehead atoms. The second-order valence-corrected chi connectivity index (χ2v) is 8.90. The minimum atomic E-state index is -3.21. The average Bonchev–Trinajstić information content (AvgIpc) is 3.28. The van der Waals surface area contributed by atoms with Crippen molar-refractivity contribution in [2.75, 3.05) is 11.6 Å². The summed E-state index contributed by atoms with van der Waals surface area (Å²) in [5.74, 6) is 0.693. The minimum absolute atomic E-state index is 0.294. The summed E-state index contributed by atoms with van der Waals surface area (Å²) in [7, 11) is -3.21. The molecule has 8 heteroatoms. The molecule has 0 unspecified atom stereocenters. The van der Waals surface area contributed by atoms with Crippen molar-refractivity contribution in [3.05, 3.63) is 65.1 Å². The number of anilines is 1. The van der Waals surface area contributed by atoms with Crippen LogP contribution in [0.3, 0.4) is 0 Å². The van der Waals surface area contributed by atoms with Gasteiger partial charge in [-0.25, -0.2) is 18.4 Å². The van der Waals surface area contributed by atoms with Crippen molar-refractivity contribution in [1.82, 2.24) is 14.5 Å². The first-order valence-electron chi connectivity index (χ1n) is 7.91. The lowest BCUT2D eigenvalue weighted by molar-refractivity contribution is 0.602. The van der Waals surface area contributed by atoms with Gasteiger partial charge >= 0.3 is 0 Å². The molecule has 0 fully saturated rings. The molecule has 0 spiro atoms. The van der Waals surface area contributed by atoms with Crippen molar-refractivity contribution in [2.24, 2.45) is 0 Å². The van der Waals surface area contributed by atoms with Crippen LogP contribution >= 0.6 is 11.3 Å². The summed E-state index contributed by atoms with van der Waals surface area (Å²) < 4.78 is 25.1. The molecule has 1 aromatic carbocycles. The molecule has 26 heavy (non-hydrogen) atoms. The topological polar surface area (TPSA) is 76.9 Å². The summed E-state index contributed by atoms with van der Waals surface area (Å²) in [5.41, 5.74) is 2.32. The van der Waals surface area contributed by atoms with Crippen LogP contribution in [0, 0.1) is 0 Å². The fourth-order valence-corrected chi connectivity index (χ4v) is 3.91. The van der Waals surface area contributed by atoms with E-state index in [0.717, 1.165) is 11.2 Å². The molecule has 0 saturated carbocycles. The second-order valence-electron chi connectivity index (χ2n) is 5.85. The monoisotopic (exact) mass is 384 g/mol. The van der Waals surface area contributed by atoms with Gasteiger partial charge in [-0.05, 0) is 41.8 Å². The summed E-state index contributed by atoms with van der Waals surface area (Å²) in [4.78, 5) is 10.6. The molecule has 4 rings (SSSR count). The zero-order valence-corrected chi connectivity index (χ0v) is 15.6. The predicted molar refractivity (Wildman–Crippen MR) is 104 cm³/mol. The summed E-state index contributed by atoms with van der Waals surface area (Å²) >= 11 is 1.69. The van der Waals surface area contributed by atoms with Crippen LogP contribution in [0.25, 0.3) is 16.9 Å². The molecule has 132 valence electrons. The van der Waals surface area contributed by atoms with E-state index in [1.165, 1.54) is 11.1 Å². The molecule has 0 radical (unpaired) electrons. The Morgan fingerprint density at radius 3 is 2.65 bits per heavy atom. The van der Waals surface area contributed by atoms with Gasteiger partial charge in [-0.1, -0.05) is 6.07 Å². The lowest BCUT2D eigenvalue weighted by Crippen LogP contribution is -2.02. The maximum atomic E-state index is 11.6. The number of rotatable bonds is 5. The van der Waals surface area contributed by atoms with Crippen LogP contribution in [0.2, 0.25) is 0 Å². The van der Waals surface area contributed by atoms with E-state index in [9.17, 15) is 8.42 Å². The Balaban J connectivity index is 1.66. The van der Waals surface area contributed by atoms with Crippen LogP contribution in [0.15, 0.2) is 65.1 Å². The van der Waals surface area contributed by atoms with E-state index in [1.54, 1.807) is 41.8 Å². The van der Waals surface area contributed by atoms with E-state index < -0.39 is 9.84 Å². The van der Waals surface area contributed by atoms with Gasteiger partial charge in [0.1, 0.15) is 11.3 Å². The van der Waals surface area contributed by atoms with Gasteiger partial charge in [-0.2, -0.15) is 0 Å². The highest BCUT2D eigenvalue weighted by molar-refractivity contribution is 7.90. The fourth-order valence-electron chi connectivity index (χ4n) is 2.64. The Kier molecular flexibility index (Phi) is 4.21. The third-order valence-electron chi connectivity index (χ3n) is 3.96. The summed E-state index contributed by atoms with van der Waals surface area (Å²) in [6, 6.07) is 12.7. The molecule has 0 aliphatic heterocycles. The summed E-state index contributed by atoms with van der Waals surface area (Å²) in [6.45, 7) is 0.696. The standard InChI is InChI=1S/C18H16N4O2S2/c1-26(23,24)15-6-4-13(5-7-15)22-9-8-16-18(22)21-17(12-19-16)20-11-14-3-2-10-25-14/h2-10,12H,11H2,1H3,(H,20,21). The van der Waals surface area contributed by atoms with Crippen LogP contribution in [0.4, 0.5) is 5.82 Å². The van der Waals surface area contributed by atoms with Gasteiger partial charge in [0.25, 0.3) is 0 Å². The van der Waals surface area contributed by atoms with E-state index in [1.807, 2.05) is 28.3 Å². The van der Waals surface area contributed by atoms with Gasteiger partial charge in [0.15, 0.2) is 15.5 Å². The van der Waals surface area contributed by atoms with Gasteiger partial charge in [0.2, 0.25) is 0 Å². The first-order valence-corrected chi connectivity index (χ1v) is 10.7. The minimum Gasteiger partial charge on any atom is -0.364 e. The predicted octanol–water partition coefficient (Wildman–Crippen LogP) is 3.50. The lowest BCUT2D eigenvalue weighted by Gasteiger charge is -2.08. The summed E-state index contributed by atoms with van der Waals surface area (Å²) in [6.07, 6.45) is 4.79. The van der Waals surface area contributed by atoms with Crippen molar-refractivity contribution in [1.29, 1.82) is 0 Å². The highest BCUT2D eigenvalue weighted by Crippen LogP contribution is 2.21. The van der Waals surface area contributed by atoms with E-state index in [0.29, 0.717) is 22.9 Å². The van der Waals surface area contributed by atoms with E-state index in [4.69, 9.17) is 0 Å². The van der Waals surface area contributed by atoms with Crippen molar-refractivity contribution in [3.8, 4) is 5.69 Å². The quantitative estimate of drug-likeness (QED) is 0.570. The maximum Gasteiger partial charge on any atom is 0.175 e. The number of sulfone groups is 1. The zero-order valence-electron chi connectivity index (χ0n) is 14.0. The molecule has 3 aromatic heterocycles.